The van der Waals surface area contributed by atoms with E-state index in [0.717, 1.165) is 13.2 Å². The Morgan fingerprint density at radius 2 is 1.80 bits per heavy atom. The molecule has 0 saturated heterocycles. The van der Waals surface area contributed by atoms with E-state index in [2.05, 4.69) is 33.0 Å². The van der Waals surface area contributed by atoms with Crippen molar-refractivity contribution >= 4 is 0 Å². The van der Waals surface area contributed by atoms with E-state index >= 15 is 0 Å². The lowest BCUT2D eigenvalue weighted by atomic mass is 10.0. The van der Waals surface area contributed by atoms with E-state index in [0.29, 0.717) is 12.1 Å². The van der Waals surface area contributed by atoms with Crippen LogP contribution >= 0.6 is 0 Å². The molecule has 92 valence electrons. The molecule has 0 aliphatic rings. The Balaban J connectivity index is 3.81. The summed E-state index contributed by atoms with van der Waals surface area (Å²) < 4.78 is 5.67. The zero-order valence-electron chi connectivity index (χ0n) is 11.0. The number of ether oxygens (including phenoxy) is 1. The predicted molar refractivity (Wildman–Crippen MR) is 67.3 cm³/mol. The third kappa shape index (κ3) is 7.80. The molecule has 0 aromatic rings. The fourth-order valence-corrected chi connectivity index (χ4v) is 1.83. The monoisotopic (exact) mass is 215 g/mol. The van der Waals surface area contributed by atoms with E-state index in [1.807, 2.05) is 0 Å². The Kier molecular flexibility index (Phi) is 10.4. The van der Waals surface area contributed by atoms with E-state index < -0.39 is 0 Å². The number of nitrogens with one attached hydrogen (secondary N) is 1. The minimum absolute atomic E-state index is 0.346. The molecular weight excluding hydrogens is 186 g/mol. The van der Waals surface area contributed by atoms with Gasteiger partial charge in [0, 0.05) is 12.6 Å². The van der Waals surface area contributed by atoms with Crippen molar-refractivity contribution in [1.82, 2.24) is 5.32 Å². The second kappa shape index (κ2) is 10.4. The molecule has 0 spiro atoms. The smallest absolute Gasteiger partial charge is 0.0699 e. The van der Waals surface area contributed by atoms with Gasteiger partial charge in [-0.05, 0) is 33.2 Å². The maximum atomic E-state index is 5.67. The topological polar surface area (TPSA) is 21.3 Å². The van der Waals surface area contributed by atoms with Crippen LogP contribution in [0.3, 0.4) is 0 Å². The molecule has 0 aliphatic carbocycles. The first kappa shape index (κ1) is 14.9. The lowest BCUT2D eigenvalue weighted by Crippen LogP contribution is -2.40. The van der Waals surface area contributed by atoms with E-state index in [1.54, 1.807) is 0 Å². The molecule has 0 fully saturated rings. The quantitative estimate of drug-likeness (QED) is 0.564. The first-order valence-electron chi connectivity index (χ1n) is 6.61. The summed E-state index contributed by atoms with van der Waals surface area (Å²) >= 11 is 0. The molecule has 0 saturated carbocycles. The van der Waals surface area contributed by atoms with Crippen molar-refractivity contribution in [1.29, 1.82) is 0 Å². The van der Waals surface area contributed by atoms with Gasteiger partial charge in [0.05, 0.1) is 6.10 Å². The van der Waals surface area contributed by atoms with Crippen molar-refractivity contribution in [3.8, 4) is 0 Å². The van der Waals surface area contributed by atoms with E-state index in [1.165, 1.54) is 32.1 Å². The Morgan fingerprint density at radius 3 is 2.33 bits per heavy atom. The Bertz CT molecular complexity index is 128. The van der Waals surface area contributed by atoms with Gasteiger partial charge in [-0.15, -0.1) is 0 Å². The summed E-state index contributed by atoms with van der Waals surface area (Å²) in [6.07, 6.45) is 6.73. The number of hydrogen-bond acceptors (Lipinski definition) is 2. The van der Waals surface area contributed by atoms with E-state index in [4.69, 9.17) is 4.74 Å². The molecule has 2 nitrogen and oxygen atoms in total. The highest BCUT2D eigenvalue weighted by Crippen LogP contribution is 2.09. The standard InChI is InChI=1S/C13H29NO/c1-5-8-9-10-13(14-11-6-2)12(4)15-7-3/h12-14H,5-11H2,1-4H3. The highest BCUT2D eigenvalue weighted by atomic mass is 16.5. The average molecular weight is 215 g/mol. The van der Waals surface area contributed by atoms with Crippen LogP contribution in [-0.2, 0) is 4.74 Å². The van der Waals surface area contributed by atoms with Crippen LogP contribution in [0.2, 0.25) is 0 Å². The highest BCUT2D eigenvalue weighted by molar-refractivity contribution is 4.73. The molecule has 2 unspecified atom stereocenters. The van der Waals surface area contributed by atoms with Gasteiger partial charge in [0.1, 0.15) is 0 Å². The molecule has 0 radical (unpaired) electrons. The number of hydrogen-bond donors (Lipinski definition) is 1. The van der Waals surface area contributed by atoms with Gasteiger partial charge < -0.3 is 10.1 Å². The highest BCUT2D eigenvalue weighted by Gasteiger charge is 2.15. The maximum Gasteiger partial charge on any atom is 0.0699 e. The Labute approximate surface area is 95.8 Å². The van der Waals surface area contributed by atoms with Crippen molar-refractivity contribution in [2.75, 3.05) is 13.2 Å². The van der Waals surface area contributed by atoms with Crippen molar-refractivity contribution in [2.24, 2.45) is 0 Å². The van der Waals surface area contributed by atoms with Crippen LogP contribution in [0.5, 0.6) is 0 Å². The maximum absolute atomic E-state index is 5.67. The molecule has 0 heterocycles. The molecule has 0 rings (SSSR count). The van der Waals surface area contributed by atoms with Crippen LogP contribution in [0, 0.1) is 0 Å². The van der Waals surface area contributed by atoms with Crippen LogP contribution in [0.1, 0.15) is 59.8 Å². The number of unbranched alkanes of at least 4 members (excludes halogenated alkanes) is 2. The van der Waals surface area contributed by atoms with Crippen molar-refractivity contribution in [2.45, 2.75) is 71.9 Å². The zero-order valence-corrected chi connectivity index (χ0v) is 11.0. The van der Waals surface area contributed by atoms with Gasteiger partial charge >= 0.3 is 0 Å². The normalized spacial score (nSPS) is 15.2. The fraction of sp³-hybridized carbons (Fsp3) is 1.00. The van der Waals surface area contributed by atoms with Gasteiger partial charge in [-0.3, -0.25) is 0 Å². The van der Waals surface area contributed by atoms with Gasteiger partial charge in [-0.25, -0.2) is 0 Å². The summed E-state index contributed by atoms with van der Waals surface area (Å²) in [5.74, 6) is 0. The van der Waals surface area contributed by atoms with Crippen LogP contribution in [0.15, 0.2) is 0 Å². The second-order valence-electron chi connectivity index (χ2n) is 4.22. The third-order valence-corrected chi connectivity index (χ3v) is 2.77. The minimum atomic E-state index is 0.346. The molecule has 0 aromatic carbocycles. The van der Waals surface area contributed by atoms with Gasteiger partial charge in [0.2, 0.25) is 0 Å². The summed E-state index contributed by atoms with van der Waals surface area (Å²) in [5.41, 5.74) is 0. The Hall–Kier alpha value is -0.0800. The van der Waals surface area contributed by atoms with Crippen LogP contribution in [0.4, 0.5) is 0 Å². The molecule has 1 N–H and O–H groups in total. The molecule has 0 amide bonds. The van der Waals surface area contributed by atoms with Gasteiger partial charge in [0.25, 0.3) is 0 Å². The largest absolute Gasteiger partial charge is 0.377 e. The van der Waals surface area contributed by atoms with Gasteiger partial charge in [-0.2, -0.15) is 0 Å². The fourth-order valence-electron chi connectivity index (χ4n) is 1.83. The summed E-state index contributed by atoms with van der Waals surface area (Å²) in [5, 5.41) is 3.59. The van der Waals surface area contributed by atoms with Crippen LogP contribution in [-0.4, -0.2) is 25.3 Å². The van der Waals surface area contributed by atoms with Crippen LogP contribution in [0.25, 0.3) is 0 Å². The van der Waals surface area contributed by atoms with Crippen molar-refractivity contribution in [3.63, 3.8) is 0 Å². The average Bonchev–Trinajstić information content (AvgIpc) is 2.23. The lowest BCUT2D eigenvalue weighted by molar-refractivity contribution is 0.0446. The molecule has 2 heteroatoms. The summed E-state index contributed by atoms with van der Waals surface area (Å²) in [6.45, 7) is 10.6. The molecule has 0 aliphatic heterocycles. The lowest BCUT2D eigenvalue weighted by Gasteiger charge is -2.25. The van der Waals surface area contributed by atoms with Gasteiger partial charge in [0.15, 0.2) is 0 Å². The van der Waals surface area contributed by atoms with Crippen LogP contribution < -0.4 is 5.32 Å². The first-order chi connectivity index (χ1) is 7.26. The molecule has 2 atom stereocenters. The summed E-state index contributed by atoms with van der Waals surface area (Å²) in [4.78, 5) is 0. The van der Waals surface area contributed by atoms with E-state index in [9.17, 15) is 0 Å². The molecule has 0 aromatic heterocycles. The first-order valence-corrected chi connectivity index (χ1v) is 6.61. The second-order valence-corrected chi connectivity index (χ2v) is 4.22. The third-order valence-electron chi connectivity index (χ3n) is 2.77. The molecule has 15 heavy (non-hydrogen) atoms. The zero-order chi connectivity index (χ0) is 11.5. The number of rotatable bonds is 10. The van der Waals surface area contributed by atoms with E-state index in [-0.39, 0.29) is 0 Å². The van der Waals surface area contributed by atoms with Crippen molar-refractivity contribution < 1.29 is 4.74 Å². The summed E-state index contributed by atoms with van der Waals surface area (Å²) in [7, 11) is 0. The summed E-state index contributed by atoms with van der Waals surface area (Å²) in [6, 6.07) is 0.538. The molecule has 0 bridgehead atoms. The molecular formula is C13H29NO. The van der Waals surface area contributed by atoms with Gasteiger partial charge in [-0.1, -0.05) is 33.1 Å². The Morgan fingerprint density at radius 1 is 1.07 bits per heavy atom. The minimum Gasteiger partial charge on any atom is -0.377 e. The predicted octanol–water partition coefficient (Wildman–Crippen LogP) is 3.36. The van der Waals surface area contributed by atoms with Crippen molar-refractivity contribution in [3.05, 3.63) is 0 Å². The SMILES string of the molecule is CCCCCC(NCCC)C(C)OCC.